The second-order valence-electron chi connectivity index (χ2n) is 4.43. The Labute approximate surface area is 89.2 Å². The van der Waals surface area contributed by atoms with Crippen LogP contribution in [0.4, 0.5) is 13.2 Å². The van der Waals surface area contributed by atoms with E-state index in [4.69, 9.17) is 4.74 Å². The van der Waals surface area contributed by atoms with Gasteiger partial charge in [-0.1, -0.05) is 0 Å². The van der Waals surface area contributed by atoms with E-state index in [0.717, 1.165) is 0 Å². The summed E-state index contributed by atoms with van der Waals surface area (Å²) in [7, 11) is 0. The van der Waals surface area contributed by atoms with Crippen LogP contribution in [0.25, 0.3) is 0 Å². The Kier molecular flexibility index (Phi) is 6.20. The smallest absolute Gasteiger partial charge is 0.375 e. The lowest BCUT2D eigenvalue weighted by atomic mass is 10.2. The molecular formula is C10H20F3NO. The van der Waals surface area contributed by atoms with Gasteiger partial charge in [0.2, 0.25) is 0 Å². The number of halogens is 3. The molecule has 0 spiro atoms. The second-order valence-corrected chi connectivity index (χ2v) is 4.43. The van der Waals surface area contributed by atoms with Crippen LogP contribution in [-0.4, -0.2) is 31.5 Å². The topological polar surface area (TPSA) is 21.3 Å². The predicted molar refractivity (Wildman–Crippen MR) is 53.9 cm³/mol. The maximum absolute atomic E-state index is 11.7. The highest BCUT2D eigenvalue weighted by Gasteiger charge is 2.25. The summed E-state index contributed by atoms with van der Waals surface area (Å²) >= 11 is 0. The summed E-state index contributed by atoms with van der Waals surface area (Å²) in [6.45, 7) is 7.32. The van der Waals surface area contributed by atoms with Crippen molar-refractivity contribution >= 4 is 0 Å². The zero-order chi connectivity index (χ0) is 11.9. The molecule has 0 saturated heterocycles. The third kappa shape index (κ3) is 13.7. The summed E-state index contributed by atoms with van der Waals surface area (Å²) in [5.74, 6) is 0. The molecule has 0 aromatic heterocycles. The number of rotatable bonds is 6. The normalized spacial score (nSPS) is 13.2. The molecule has 0 aliphatic heterocycles. The van der Waals surface area contributed by atoms with E-state index in [-0.39, 0.29) is 12.0 Å². The summed E-state index contributed by atoms with van der Waals surface area (Å²) in [6, 6.07) is 0. The standard InChI is InChI=1S/C10H20F3NO/c1-9(2,3)15-8-7-14-6-4-5-10(11,12)13/h14H,4-8H2,1-3H3. The van der Waals surface area contributed by atoms with Crippen molar-refractivity contribution in [1.82, 2.24) is 5.32 Å². The van der Waals surface area contributed by atoms with Crippen LogP contribution in [-0.2, 0) is 4.74 Å². The van der Waals surface area contributed by atoms with Gasteiger partial charge in [-0.3, -0.25) is 0 Å². The van der Waals surface area contributed by atoms with Crippen molar-refractivity contribution in [2.24, 2.45) is 0 Å². The lowest BCUT2D eigenvalue weighted by Gasteiger charge is -2.19. The number of alkyl halides is 3. The average molecular weight is 227 g/mol. The molecule has 0 aliphatic carbocycles. The Balaban J connectivity index is 3.20. The van der Waals surface area contributed by atoms with Crippen molar-refractivity contribution in [3.05, 3.63) is 0 Å². The van der Waals surface area contributed by atoms with E-state index in [1.54, 1.807) is 0 Å². The number of hydrogen-bond donors (Lipinski definition) is 1. The first kappa shape index (κ1) is 14.7. The Bertz CT molecular complexity index is 145. The summed E-state index contributed by atoms with van der Waals surface area (Å²) in [4.78, 5) is 0. The number of hydrogen-bond acceptors (Lipinski definition) is 2. The molecule has 0 radical (unpaired) electrons. The predicted octanol–water partition coefficient (Wildman–Crippen LogP) is 2.73. The molecule has 15 heavy (non-hydrogen) atoms. The van der Waals surface area contributed by atoms with Gasteiger partial charge in [-0.05, 0) is 33.7 Å². The van der Waals surface area contributed by atoms with E-state index in [1.165, 1.54) is 0 Å². The van der Waals surface area contributed by atoms with Gasteiger partial charge in [-0.2, -0.15) is 13.2 Å². The van der Waals surface area contributed by atoms with Crippen LogP contribution in [0.3, 0.4) is 0 Å². The second kappa shape index (κ2) is 6.33. The highest BCUT2D eigenvalue weighted by molar-refractivity contribution is 4.59. The SMILES string of the molecule is CC(C)(C)OCCNCCCC(F)(F)F. The Morgan fingerprint density at radius 3 is 2.13 bits per heavy atom. The maximum atomic E-state index is 11.7. The zero-order valence-electron chi connectivity index (χ0n) is 9.58. The molecule has 0 bridgehead atoms. The van der Waals surface area contributed by atoms with Gasteiger partial charge in [0.05, 0.1) is 12.2 Å². The highest BCUT2D eigenvalue weighted by atomic mass is 19.4. The molecule has 0 unspecified atom stereocenters. The first-order chi connectivity index (χ1) is 6.71. The van der Waals surface area contributed by atoms with Crippen LogP contribution < -0.4 is 5.32 Å². The lowest BCUT2D eigenvalue weighted by molar-refractivity contribution is -0.135. The van der Waals surface area contributed by atoms with E-state index in [9.17, 15) is 13.2 Å². The molecule has 92 valence electrons. The molecule has 2 nitrogen and oxygen atoms in total. The minimum Gasteiger partial charge on any atom is -0.375 e. The van der Waals surface area contributed by atoms with Crippen LogP contribution in [0.1, 0.15) is 33.6 Å². The first-order valence-electron chi connectivity index (χ1n) is 5.12. The molecule has 0 rings (SSSR count). The molecule has 0 saturated carbocycles. The largest absolute Gasteiger partial charge is 0.389 e. The third-order valence-electron chi connectivity index (χ3n) is 1.63. The van der Waals surface area contributed by atoms with Crippen molar-refractivity contribution in [2.45, 2.75) is 45.4 Å². The van der Waals surface area contributed by atoms with E-state index >= 15 is 0 Å². The van der Waals surface area contributed by atoms with Gasteiger partial charge in [0, 0.05) is 13.0 Å². The van der Waals surface area contributed by atoms with Crippen molar-refractivity contribution in [1.29, 1.82) is 0 Å². The van der Waals surface area contributed by atoms with Crippen molar-refractivity contribution < 1.29 is 17.9 Å². The van der Waals surface area contributed by atoms with E-state index in [0.29, 0.717) is 19.7 Å². The van der Waals surface area contributed by atoms with Gasteiger partial charge < -0.3 is 10.1 Å². The molecular weight excluding hydrogens is 207 g/mol. The number of nitrogens with one attached hydrogen (secondary N) is 1. The molecule has 5 heteroatoms. The molecule has 0 heterocycles. The molecule has 0 aromatic rings. The summed E-state index contributed by atoms with van der Waals surface area (Å²) in [6.07, 6.45) is -4.64. The number of ether oxygens (including phenoxy) is 1. The van der Waals surface area contributed by atoms with Gasteiger partial charge in [0.1, 0.15) is 0 Å². The van der Waals surface area contributed by atoms with Gasteiger partial charge in [0.15, 0.2) is 0 Å². The van der Waals surface area contributed by atoms with Crippen molar-refractivity contribution in [2.75, 3.05) is 19.7 Å². The van der Waals surface area contributed by atoms with Gasteiger partial charge in [-0.15, -0.1) is 0 Å². The fourth-order valence-corrected chi connectivity index (χ4v) is 0.968. The molecule has 0 atom stereocenters. The average Bonchev–Trinajstić information content (AvgIpc) is 1.98. The van der Waals surface area contributed by atoms with Crippen LogP contribution in [0.5, 0.6) is 0 Å². The van der Waals surface area contributed by atoms with E-state index in [1.807, 2.05) is 20.8 Å². The Morgan fingerprint density at radius 2 is 1.67 bits per heavy atom. The fraction of sp³-hybridized carbons (Fsp3) is 1.00. The van der Waals surface area contributed by atoms with Gasteiger partial charge >= 0.3 is 6.18 Å². The van der Waals surface area contributed by atoms with Crippen LogP contribution in [0, 0.1) is 0 Å². The van der Waals surface area contributed by atoms with Crippen LogP contribution >= 0.6 is 0 Å². The molecule has 1 N–H and O–H groups in total. The van der Waals surface area contributed by atoms with Crippen molar-refractivity contribution in [3.63, 3.8) is 0 Å². The quantitative estimate of drug-likeness (QED) is 0.704. The molecule has 0 amide bonds. The van der Waals surface area contributed by atoms with Gasteiger partial charge in [0.25, 0.3) is 0 Å². The van der Waals surface area contributed by atoms with Crippen LogP contribution in [0.2, 0.25) is 0 Å². The fourth-order valence-electron chi connectivity index (χ4n) is 0.968. The molecule has 0 aliphatic rings. The Hall–Kier alpha value is -0.290. The van der Waals surface area contributed by atoms with E-state index < -0.39 is 12.6 Å². The minimum absolute atomic E-state index is 0.124. The molecule has 0 aromatic carbocycles. The minimum atomic E-state index is -4.04. The monoisotopic (exact) mass is 227 g/mol. The van der Waals surface area contributed by atoms with Crippen LogP contribution in [0.15, 0.2) is 0 Å². The third-order valence-corrected chi connectivity index (χ3v) is 1.63. The molecule has 0 fully saturated rings. The zero-order valence-corrected chi connectivity index (χ0v) is 9.58. The summed E-state index contributed by atoms with van der Waals surface area (Å²) in [5.41, 5.74) is -0.187. The maximum Gasteiger partial charge on any atom is 0.389 e. The van der Waals surface area contributed by atoms with Gasteiger partial charge in [-0.25, -0.2) is 0 Å². The lowest BCUT2D eigenvalue weighted by Crippen LogP contribution is -2.27. The Morgan fingerprint density at radius 1 is 1.07 bits per heavy atom. The highest BCUT2D eigenvalue weighted by Crippen LogP contribution is 2.20. The van der Waals surface area contributed by atoms with Crippen molar-refractivity contribution in [3.8, 4) is 0 Å². The summed E-state index contributed by atoms with van der Waals surface area (Å²) in [5, 5.41) is 2.91. The first-order valence-corrected chi connectivity index (χ1v) is 5.12. The summed E-state index contributed by atoms with van der Waals surface area (Å²) < 4.78 is 40.6. The van der Waals surface area contributed by atoms with E-state index in [2.05, 4.69) is 5.32 Å².